The molecule has 1 fully saturated rings. The lowest BCUT2D eigenvalue weighted by Crippen LogP contribution is -2.24. The summed E-state index contributed by atoms with van der Waals surface area (Å²) in [6.07, 6.45) is 6.79. The van der Waals surface area contributed by atoms with Crippen LogP contribution in [0.5, 0.6) is 0 Å². The average Bonchev–Trinajstić information content (AvgIpc) is 2.05. The van der Waals surface area contributed by atoms with Crippen molar-refractivity contribution in [2.24, 2.45) is 11.7 Å². The van der Waals surface area contributed by atoms with Crippen molar-refractivity contribution < 1.29 is 0 Å². The molecular weight excluding hydrogens is 134 g/mol. The molecule has 1 nitrogen and oxygen atoms in total. The molecule has 1 rings (SSSR count). The van der Waals surface area contributed by atoms with Gasteiger partial charge in [-0.1, -0.05) is 31.4 Å². The van der Waals surface area contributed by atoms with Crippen LogP contribution in [0.1, 0.15) is 39.0 Å². The van der Waals surface area contributed by atoms with Crippen molar-refractivity contribution in [2.45, 2.75) is 45.1 Å². The molecule has 0 aromatic carbocycles. The average molecular weight is 153 g/mol. The summed E-state index contributed by atoms with van der Waals surface area (Å²) >= 11 is 0. The number of nitrogens with two attached hydrogens (primary N) is 1. The summed E-state index contributed by atoms with van der Waals surface area (Å²) in [7, 11) is 0. The molecule has 0 aromatic heterocycles. The lowest BCUT2D eigenvalue weighted by Gasteiger charge is -2.25. The van der Waals surface area contributed by atoms with Crippen molar-refractivity contribution in [3.63, 3.8) is 0 Å². The van der Waals surface area contributed by atoms with E-state index in [1.54, 1.807) is 0 Å². The molecule has 0 aliphatic heterocycles. The van der Waals surface area contributed by atoms with Crippen molar-refractivity contribution >= 4 is 0 Å². The Hall–Kier alpha value is -0.300. The Bertz CT molecular complexity index is 132. The molecule has 0 radical (unpaired) electrons. The summed E-state index contributed by atoms with van der Waals surface area (Å²) in [5.74, 6) is 0.726. The summed E-state index contributed by atoms with van der Waals surface area (Å²) in [4.78, 5) is 0. The summed E-state index contributed by atoms with van der Waals surface area (Å²) < 4.78 is 0. The molecule has 2 N–H and O–H groups in total. The van der Waals surface area contributed by atoms with E-state index < -0.39 is 0 Å². The van der Waals surface area contributed by atoms with Crippen molar-refractivity contribution in [2.75, 3.05) is 0 Å². The first-order chi connectivity index (χ1) is 5.22. The van der Waals surface area contributed by atoms with E-state index in [0.717, 1.165) is 5.92 Å². The molecule has 0 heterocycles. The maximum atomic E-state index is 5.77. The van der Waals surface area contributed by atoms with Crippen LogP contribution in [0.2, 0.25) is 0 Å². The lowest BCUT2D eigenvalue weighted by molar-refractivity contribution is 0.391. The topological polar surface area (TPSA) is 26.0 Å². The van der Waals surface area contributed by atoms with Crippen LogP contribution in [0.3, 0.4) is 0 Å². The van der Waals surface area contributed by atoms with Crippen molar-refractivity contribution in [3.8, 4) is 0 Å². The highest BCUT2D eigenvalue weighted by atomic mass is 14.6. The van der Waals surface area contributed by atoms with Gasteiger partial charge in [0.1, 0.15) is 0 Å². The maximum absolute atomic E-state index is 5.77. The van der Waals surface area contributed by atoms with Crippen LogP contribution < -0.4 is 5.73 Å². The number of hydrogen-bond donors (Lipinski definition) is 1. The molecule has 0 amide bonds. The largest absolute Gasteiger partial charge is 0.324 e. The second-order valence-electron chi connectivity index (χ2n) is 3.70. The molecule has 0 aromatic rings. The minimum Gasteiger partial charge on any atom is -0.324 e. The fraction of sp³-hybridized carbons (Fsp3) is 0.800. The van der Waals surface area contributed by atoms with E-state index in [1.165, 1.54) is 37.7 Å². The maximum Gasteiger partial charge on any atom is 0.0224 e. The molecule has 0 saturated heterocycles. The summed E-state index contributed by atoms with van der Waals surface area (Å²) in [5, 5.41) is 0. The molecule has 1 heteroatoms. The van der Waals surface area contributed by atoms with E-state index in [4.69, 9.17) is 5.73 Å². The third-order valence-corrected chi connectivity index (χ3v) is 2.71. The highest BCUT2D eigenvalue weighted by Crippen LogP contribution is 2.29. The highest BCUT2D eigenvalue weighted by molar-refractivity contribution is 5.08. The number of rotatable bonds is 2. The van der Waals surface area contributed by atoms with Gasteiger partial charge in [0.2, 0.25) is 0 Å². The predicted octanol–water partition coefficient (Wildman–Crippen LogP) is 2.47. The van der Waals surface area contributed by atoms with Gasteiger partial charge in [0, 0.05) is 6.04 Å². The van der Waals surface area contributed by atoms with E-state index in [9.17, 15) is 0 Å². The molecule has 1 aliphatic carbocycles. The standard InChI is InChI=1S/C10H19N/c1-8(9(2)11)10-6-4-3-5-7-10/h9-10H,1,3-7,11H2,2H3. The normalized spacial score (nSPS) is 23.1. The molecule has 0 spiro atoms. The van der Waals surface area contributed by atoms with Gasteiger partial charge in [0.05, 0.1) is 0 Å². The third kappa shape index (κ3) is 2.33. The molecule has 0 bridgehead atoms. The first-order valence-corrected chi connectivity index (χ1v) is 4.66. The smallest absolute Gasteiger partial charge is 0.0224 e. The molecule has 1 atom stereocenters. The Morgan fingerprint density at radius 2 is 1.91 bits per heavy atom. The van der Waals surface area contributed by atoms with Gasteiger partial charge in [-0.25, -0.2) is 0 Å². The third-order valence-electron chi connectivity index (χ3n) is 2.71. The van der Waals surface area contributed by atoms with Crippen molar-refractivity contribution in [3.05, 3.63) is 12.2 Å². The zero-order chi connectivity index (χ0) is 8.27. The first kappa shape index (κ1) is 8.79. The van der Waals surface area contributed by atoms with Crippen LogP contribution in [0, 0.1) is 5.92 Å². The summed E-state index contributed by atoms with van der Waals surface area (Å²) in [5.41, 5.74) is 7.04. The fourth-order valence-corrected chi connectivity index (χ4v) is 1.85. The van der Waals surface area contributed by atoms with Crippen LogP contribution >= 0.6 is 0 Å². The zero-order valence-electron chi connectivity index (χ0n) is 7.47. The summed E-state index contributed by atoms with van der Waals surface area (Å²) in [6.45, 7) is 6.09. The van der Waals surface area contributed by atoms with Crippen LogP contribution in [-0.2, 0) is 0 Å². The molecular formula is C10H19N. The van der Waals surface area contributed by atoms with Gasteiger partial charge in [0.15, 0.2) is 0 Å². The Balaban J connectivity index is 2.39. The summed E-state index contributed by atoms with van der Waals surface area (Å²) in [6, 6.07) is 0.193. The minimum atomic E-state index is 0.193. The SMILES string of the molecule is C=C(C(C)N)C1CCCCC1. The quantitative estimate of drug-likeness (QED) is 0.606. The monoisotopic (exact) mass is 153 g/mol. The molecule has 1 saturated carbocycles. The van der Waals surface area contributed by atoms with Crippen LogP contribution in [0.25, 0.3) is 0 Å². The Morgan fingerprint density at radius 3 is 2.36 bits per heavy atom. The van der Waals surface area contributed by atoms with Crippen molar-refractivity contribution in [1.29, 1.82) is 0 Å². The van der Waals surface area contributed by atoms with Crippen molar-refractivity contribution in [1.82, 2.24) is 0 Å². The molecule has 64 valence electrons. The second-order valence-corrected chi connectivity index (χ2v) is 3.70. The van der Waals surface area contributed by atoms with Gasteiger partial charge < -0.3 is 5.73 Å². The van der Waals surface area contributed by atoms with E-state index in [-0.39, 0.29) is 6.04 Å². The Labute approximate surface area is 69.7 Å². The minimum absolute atomic E-state index is 0.193. The van der Waals surface area contributed by atoms with Crippen LogP contribution in [0.15, 0.2) is 12.2 Å². The van der Waals surface area contributed by atoms with E-state index >= 15 is 0 Å². The van der Waals surface area contributed by atoms with Gasteiger partial charge in [-0.2, -0.15) is 0 Å². The highest BCUT2D eigenvalue weighted by Gasteiger charge is 2.17. The molecule has 1 aliphatic rings. The van der Waals surface area contributed by atoms with E-state index in [0.29, 0.717) is 0 Å². The molecule has 1 unspecified atom stereocenters. The fourth-order valence-electron chi connectivity index (χ4n) is 1.85. The van der Waals surface area contributed by atoms with Gasteiger partial charge in [0.25, 0.3) is 0 Å². The Kier molecular flexibility index (Phi) is 3.13. The second kappa shape index (κ2) is 3.91. The zero-order valence-corrected chi connectivity index (χ0v) is 7.47. The first-order valence-electron chi connectivity index (χ1n) is 4.66. The molecule has 11 heavy (non-hydrogen) atoms. The number of hydrogen-bond acceptors (Lipinski definition) is 1. The van der Waals surface area contributed by atoms with E-state index in [2.05, 4.69) is 6.58 Å². The Morgan fingerprint density at radius 1 is 1.36 bits per heavy atom. The van der Waals surface area contributed by atoms with Gasteiger partial charge in [-0.15, -0.1) is 0 Å². The predicted molar refractivity (Wildman–Crippen MR) is 49.4 cm³/mol. The van der Waals surface area contributed by atoms with E-state index in [1.807, 2.05) is 6.92 Å². The van der Waals surface area contributed by atoms with Gasteiger partial charge >= 0.3 is 0 Å². The van der Waals surface area contributed by atoms with Gasteiger partial charge in [-0.05, 0) is 25.7 Å². The van der Waals surface area contributed by atoms with Crippen LogP contribution in [0.4, 0.5) is 0 Å². The lowest BCUT2D eigenvalue weighted by atomic mass is 9.82. The van der Waals surface area contributed by atoms with Gasteiger partial charge in [-0.3, -0.25) is 0 Å². The van der Waals surface area contributed by atoms with Crippen LogP contribution in [-0.4, -0.2) is 6.04 Å².